The molecular formula is C15H24N2O2. The number of likely N-dealkylation sites (N-methyl/N-ethyl adjacent to an activating group) is 1. The first kappa shape index (κ1) is 14.3. The van der Waals surface area contributed by atoms with Crippen LogP contribution in [0.15, 0.2) is 24.3 Å². The summed E-state index contributed by atoms with van der Waals surface area (Å²) in [7, 11) is 3.83. The van der Waals surface area contributed by atoms with Crippen molar-refractivity contribution in [2.45, 2.75) is 24.9 Å². The van der Waals surface area contributed by atoms with E-state index in [1.165, 1.54) is 0 Å². The molecule has 19 heavy (non-hydrogen) atoms. The van der Waals surface area contributed by atoms with Gasteiger partial charge in [0.1, 0.15) is 5.75 Å². The minimum Gasteiger partial charge on any atom is -0.497 e. The molecule has 2 rings (SSSR count). The van der Waals surface area contributed by atoms with E-state index < -0.39 is 0 Å². The summed E-state index contributed by atoms with van der Waals surface area (Å²) < 4.78 is 10.6. The van der Waals surface area contributed by atoms with Crippen LogP contribution in [0.1, 0.15) is 24.4 Å². The summed E-state index contributed by atoms with van der Waals surface area (Å²) in [5, 5.41) is 0. The second-order valence-electron chi connectivity index (χ2n) is 5.16. The van der Waals surface area contributed by atoms with Gasteiger partial charge in [-0.2, -0.15) is 0 Å². The number of nitrogens with two attached hydrogens (primary N) is 1. The van der Waals surface area contributed by atoms with Crippen LogP contribution in [-0.4, -0.2) is 44.9 Å². The maximum atomic E-state index is 6.28. The van der Waals surface area contributed by atoms with Crippen LogP contribution in [0.4, 0.5) is 0 Å². The molecule has 0 bridgehead atoms. The fraction of sp³-hybridized carbons (Fsp3) is 0.600. The zero-order valence-electron chi connectivity index (χ0n) is 11.8. The fourth-order valence-corrected chi connectivity index (χ4v) is 2.54. The maximum absolute atomic E-state index is 6.28. The maximum Gasteiger partial charge on any atom is 0.118 e. The number of hydrogen-bond donors (Lipinski definition) is 1. The summed E-state index contributed by atoms with van der Waals surface area (Å²) >= 11 is 0. The first-order chi connectivity index (χ1) is 9.20. The standard InChI is InChI=1S/C15H24N2O2/c1-17(13-7-9-19-10-8-13)11-15(16)12-3-5-14(18-2)6-4-12/h3-6,13,15H,7-11,16H2,1-2H3. The minimum absolute atomic E-state index is 0.0405. The molecule has 1 aromatic carbocycles. The third kappa shape index (κ3) is 3.93. The van der Waals surface area contributed by atoms with Gasteiger partial charge in [0, 0.05) is 31.8 Å². The highest BCUT2D eigenvalue weighted by Gasteiger charge is 2.20. The molecule has 1 heterocycles. The Hall–Kier alpha value is -1.10. The van der Waals surface area contributed by atoms with Gasteiger partial charge in [0.05, 0.1) is 7.11 Å². The highest BCUT2D eigenvalue weighted by atomic mass is 16.5. The molecule has 2 N–H and O–H groups in total. The predicted molar refractivity (Wildman–Crippen MR) is 76.4 cm³/mol. The Morgan fingerprint density at radius 3 is 2.53 bits per heavy atom. The van der Waals surface area contributed by atoms with E-state index in [1.807, 2.05) is 24.3 Å². The summed E-state index contributed by atoms with van der Waals surface area (Å²) in [5.74, 6) is 0.869. The van der Waals surface area contributed by atoms with Gasteiger partial charge in [-0.25, -0.2) is 0 Å². The van der Waals surface area contributed by atoms with Crippen molar-refractivity contribution in [2.24, 2.45) is 5.73 Å². The van der Waals surface area contributed by atoms with Crippen LogP contribution >= 0.6 is 0 Å². The van der Waals surface area contributed by atoms with Crippen LogP contribution in [0.5, 0.6) is 5.75 Å². The van der Waals surface area contributed by atoms with Gasteiger partial charge in [-0.05, 0) is 37.6 Å². The molecule has 0 spiro atoms. The van der Waals surface area contributed by atoms with Gasteiger partial charge in [-0.15, -0.1) is 0 Å². The van der Waals surface area contributed by atoms with Crippen molar-refractivity contribution in [2.75, 3.05) is 33.9 Å². The van der Waals surface area contributed by atoms with Crippen molar-refractivity contribution < 1.29 is 9.47 Å². The van der Waals surface area contributed by atoms with Crippen LogP contribution in [0.2, 0.25) is 0 Å². The summed E-state index contributed by atoms with van der Waals surface area (Å²) in [6.45, 7) is 2.61. The number of methoxy groups -OCH3 is 1. The number of rotatable bonds is 5. The van der Waals surface area contributed by atoms with Crippen molar-refractivity contribution in [3.63, 3.8) is 0 Å². The molecule has 1 fully saturated rings. The average Bonchev–Trinajstić information content (AvgIpc) is 2.48. The minimum atomic E-state index is 0.0405. The van der Waals surface area contributed by atoms with Gasteiger partial charge >= 0.3 is 0 Å². The fourth-order valence-electron chi connectivity index (χ4n) is 2.54. The van der Waals surface area contributed by atoms with E-state index in [9.17, 15) is 0 Å². The first-order valence-corrected chi connectivity index (χ1v) is 6.88. The monoisotopic (exact) mass is 264 g/mol. The molecule has 106 valence electrons. The lowest BCUT2D eigenvalue weighted by Crippen LogP contribution is -2.40. The van der Waals surface area contributed by atoms with Gasteiger partial charge in [0.15, 0.2) is 0 Å². The van der Waals surface area contributed by atoms with Crippen LogP contribution in [0.3, 0.4) is 0 Å². The summed E-state index contributed by atoms with van der Waals surface area (Å²) in [5.41, 5.74) is 7.43. The SMILES string of the molecule is COc1ccc(C(N)CN(C)C2CCOCC2)cc1. The molecule has 4 nitrogen and oxygen atoms in total. The lowest BCUT2D eigenvalue weighted by Gasteiger charge is -2.32. The number of ether oxygens (including phenoxy) is 2. The Bertz CT molecular complexity index is 374. The van der Waals surface area contributed by atoms with Gasteiger partial charge < -0.3 is 20.1 Å². The third-order valence-electron chi connectivity index (χ3n) is 3.84. The molecule has 1 aromatic rings. The molecular weight excluding hydrogens is 240 g/mol. The lowest BCUT2D eigenvalue weighted by molar-refractivity contribution is 0.0413. The molecule has 0 saturated carbocycles. The second-order valence-corrected chi connectivity index (χ2v) is 5.16. The van der Waals surface area contributed by atoms with Crippen molar-refractivity contribution in [1.82, 2.24) is 4.90 Å². The predicted octanol–water partition coefficient (Wildman–Crippen LogP) is 1.81. The number of hydrogen-bond acceptors (Lipinski definition) is 4. The van der Waals surface area contributed by atoms with Gasteiger partial charge in [0.2, 0.25) is 0 Å². The van der Waals surface area contributed by atoms with Gasteiger partial charge in [0.25, 0.3) is 0 Å². The normalized spacial score (nSPS) is 18.5. The van der Waals surface area contributed by atoms with Crippen molar-refractivity contribution in [3.05, 3.63) is 29.8 Å². The highest BCUT2D eigenvalue weighted by molar-refractivity contribution is 5.29. The van der Waals surface area contributed by atoms with Gasteiger partial charge in [-0.3, -0.25) is 0 Å². The van der Waals surface area contributed by atoms with E-state index in [1.54, 1.807) is 7.11 Å². The largest absolute Gasteiger partial charge is 0.497 e. The summed E-state index contributed by atoms with van der Waals surface area (Å²) in [4.78, 5) is 2.36. The summed E-state index contributed by atoms with van der Waals surface area (Å²) in [6, 6.07) is 8.65. The molecule has 1 saturated heterocycles. The highest BCUT2D eigenvalue weighted by Crippen LogP contribution is 2.19. The lowest BCUT2D eigenvalue weighted by atomic mass is 10.0. The Morgan fingerprint density at radius 1 is 1.32 bits per heavy atom. The molecule has 0 aromatic heterocycles. The van der Waals surface area contributed by atoms with E-state index in [0.717, 1.165) is 43.9 Å². The van der Waals surface area contributed by atoms with Crippen molar-refractivity contribution >= 4 is 0 Å². The van der Waals surface area contributed by atoms with Crippen LogP contribution in [0.25, 0.3) is 0 Å². The Labute approximate surface area is 115 Å². The molecule has 1 aliphatic rings. The third-order valence-corrected chi connectivity index (χ3v) is 3.84. The molecule has 1 atom stereocenters. The van der Waals surface area contributed by atoms with Crippen LogP contribution < -0.4 is 10.5 Å². The Kier molecular flexibility index (Phi) is 5.19. The summed E-state index contributed by atoms with van der Waals surface area (Å²) in [6.07, 6.45) is 2.21. The van der Waals surface area contributed by atoms with Crippen LogP contribution in [0, 0.1) is 0 Å². The number of nitrogens with zero attached hydrogens (tertiary/aromatic N) is 1. The second kappa shape index (κ2) is 6.89. The van der Waals surface area contributed by atoms with E-state index in [0.29, 0.717) is 6.04 Å². The van der Waals surface area contributed by atoms with E-state index in [-0.39, 0.29) is 6.04 Å². The quantitative estimate of drug-likeness (QED) is 0.881. The van der Waals surface area contributed by atoms with E-state index in [2.05, 4.69) is 11.9 Å². The molecule has 0 radical (unpaired) electrons. The smallest absolute Gasteiger partial charge is 0.118 e. The van der Waals surface area contributed by atoms with Crippen molar-refractivity contribution in [1.29, 1.82) is 0 Å². The van der Waals surface area contributed by atoms with Crippen LogP contribution in [-0.2, 0) is 4.74 Å². The average molecular weight is 264 g/mol. The molecule has 4 heteroatoms. The van der Waals surface area contributed by atoms with E-state index in [4.69, 9.17) is 15.2 Å². The molecule has 1 unspecified atom stereocenters. The van der Waals surface area contributed by atoms with Gasteiger partial charge in [-0.1, -0.05) is 12.1 Å². The van der Waals surface area contributed by atoms with E-state index >= 15 is 0 Å². The first-order valence-electron chi connectivity index (χ1n) is 6.88. The molecule has 1 aliphatic heterocycles. The molecule has 0 amide bonds. The molecule has 0 aliphatic carbocycles. The van der Waals surface area contributed by atoms with Crippen molar-refractivity contribution in [3.8, 4) is 5.75 Å². The number of benzene rings is 1. The zero-order valence-corrected chi connectivity index (χ0v) is 11.8. The zero-order chi connectivity index (χ0) is 13.7. The topological polar surface area (TPSA) is 47.7 Å². The Morgan fingerprint density at radius 2 is 1.95 bits per heavy atom. The Balaban J connectivity index is 1.89.